The Hall–Kier alpha value is -2.63. The maximum absolute atomic E-state index is 12.9. The lowest BCUT2D eigenvalue weighted by Crippen LogP contribution is -2.54. The Bertz CT molecular complexity index is 699. The van der Waals surface area contributed by atoms with Crippen LogP contribution in [0.1, 0.15) is 25.8 Å². The van der Waals surface area contributed by atoms with E-state index in [2.05, 4.69) is 5.10 Å². The van der Waals surface area contributed by atoms with Gasteiger partial charge in [0.05, 0.1) is 0 Å². The zero-order chi connectivity index (χ0) is 17.1. The largest absolute Gasteiger partial charge is 0.332 e. The van der Waals surface area contributed by atoms with Crippen LogP contribution < -0.4 is 4.90 Å². The number of rotatable bonds is 4. The molecule has 1 aliphatic heterocycles. The van der Waals surface area contributed by atoms with E-state index in [0.717, 1.165) is 12.1 Å². The highest BCUT2D eigenvalue weighted by molar-refractivity contribution is 6.00. The molecule has 2 heterocycles. The Morgan fingerprint density at radius 1 is 1.29 bits per heavy atom. The number of carbonyl (C=O) groups is 2. The smallest absolute Gasteiger partial charge is 0.249 e. The van der Waals surface area contributed by atoms with Crippen molar-refractivity contribution in [1.29, 1.82) is 0 Å². The van der Waals surface area contributed by atoms with E-state index >= 15 is 0 Å². The minimum Gasteiger partial charge on any atom is -0.332 e. The molecule has 2 amide bonds. The third-order valence-electron chi connectivity index (χ3n) is 4.57. The van der Waals surface area contributed by atoms with Crippen LogP contribution in [0.15, 0.2) is 48.8 Å². The Labute approximate surface area is 141 Å². The molecular weight excluding hydrogens is 304 g/mol. The monoisotopic (exact) mass is 326 g/mol. The lowest BCUT2D eigenvalue weighted by Gasteiger charge is -2.37. The molecule has 1 fully saturated rings. The Balaban J connectivity index is 1.75. The van der Waals surface area contributed by atoms with E-state index in [9.17, 15) is 9.59 Å². The van der Waals surface area contributed by atoms with Crippen molar-refractivity contribution in [3.8, 4) is 0 Å². The molecule has 126 valence electrons. The maximum atomic E-state index is 12.9. The Kier molecular flexibility index (Phi) is 4.64. The summed E-state index contributed by atoms with van der Waals surface area (Å²) in [6.07, 6.45) is 4.97. The normalized spacial score (nSPS) is 19.2. The molecule has 0 unspecified atom stereocenters. The summed E-state index contributed by atoms with van der Waals surface area (Å²) < 4.78 is 1.61. The summed E-state index contributed by atoms with van der Waals surface area (Å²) in [5, 5.41) is 4.12. The van der Waals surface area contributed by atoms with Crippen LogP contribution in [0.25, 0.3) is 0 Å². The highest BCUT2D eigenvalue weighted by Crippen LogP contribution is 2.24. The van der Waals surface area contributed by atoms with E-state index in [1.165, 1.54) is 0 Å². The fourth-order valence-corrected chi connectivity index (χ4v) is 3.15. The fourth-order valence-electron chi connectivity index (χ4n) is 3.15. The van der Waals surface area contributed by atoms with Crippen molar-refractivity contribution in [3.63, 3.8) is 0 Å². The van der Waals surface area contributed by atoms with E-state index in [0.29, 0.717) is 13.0 Å². The van der Waals surface area contributed by atoms with Gasteiger partial charge >= 0.3 is 0 Å². The molecule has 0 bridgehead atoms. The maximum Gasteiger partial charge on any atom is 0.249 e. The van der Waals surface area contributed by atoms with Crippen molar-refractivity contribution in [2.24, 2.45) is 0 Å². The van der Waals surface area contributed by atoms with Gasteiger partial charge in [-0.15, -0.1) is 0 Å². The summed E-state index contributed by atoms with van der Waals surface area (Å²) >= 11 is 0. The molecule has 6 nitrogen and oxygen atoms in total. The van der Waals surface area contributed by atoms with E-state index in [1.807, 2.05) is 30.3 Å². The molecule has 0 saturated carbocycles. The molecule has 2 atom stereocenters. The summed E-state index contributed by atoms with van der Waals surface area (Å²) in [5.41, 5.74) is 0.883. The summed E-state index contributed by atoms with van der Waals surface area (Å²) in [5.74, 6) is -0.122. The van der Waals surface area contributed by atoms with Crippen molar-refractivity contribution >= 4 is 17.5 Å². The first-order valence-corrected chi connectivity index (χ1v) is 8.22. The highest BCUT2D eigenvalue weighted by Gasteiger charge is 2.36. The van der Waals surface area contributed by atoms with Crippen molar-refractivity contribution in [3.05, 3.63) is 48.8 Å². The molecule has 0 aliphatic carbocycles. The first kappa shape index (κ1) is 16.2. The van der Waals surface area contributed by atoms with Gasteiger partial charge in [-0.1, -0.05) is 18.2 Å². The van der Waals surface area contributed by atoms with Crippen LogP contribution in [0.2, 0.25) is 0 Å². The molecule has 3 rings (SSSR count). The summed E-state index contributed by atoms with van der Waals surface area (Å²) in [4.78, 5) is 29.0. The first-order chi connectivity index (χ1) is 11.6. The quantitative estimate of drug-likeness (QED) is 0.864. The van der Waals surface area contributed by atoms with Crippen LogP contribution in [0.5, 0.6) is 0 Å². The number of likely N-dealkylation sites (N-methyl/N-ethyl adjacent to an activating group) is 1. The van der Waals surface area contributed by atoms with E-state index in [4.69, 9.17) is 0 Å². The van der Waals surface area contributed by atoms with E-state index in [1.54, 1.807) is 46.9 Å². The van der Waals surface area contributed by atoms with Crippen LogP contribution in [0, 0.1) is 0 Å². The summed E-state index contributed by atoms with van der Waals surface area (Å²) in [6, 6.07) is 10.5. The Morgan fingerprint density at radius 2 is 2.04 bits per heavy atom. The number of carbonyl (C=O) groups excluding carboxylic acids is 2. The molecule has 1 saturated heterocycles. The number of anilines is 1. The molecular formula is C18H22N4O2. The van der Waals surface area contributed by atoms with Crippen LogP contribution in [0.4, 0.5) is 5.69 Å². The minimum absolute atomic E-state index is 0.0176. The molecule has 0 radical (unpaired) electrons. The van der Waals surface area contributed by atoms with Gasteiger partial charge in [0.25, 0.3) is 0 Å². The van der Waals surface area contributed by atoms with Gasteiger partial charge in [0.15, 0.2) is 0 Å². The number of hydrogen-bond acceptors (Lipinski definition) is 3. The predicted molar refractivity (Wildman–Crippen MR) is 91.5 cm³/mol. The van der Waals surface area contributed by atoms with Crippen LogP contribution in [0.3, 0.4) is 0 Å². The second kappa shape index (κ2) is 6.86. The second-order valence-corrected chi connectivity index (χ2v) is 6.09. The molecule has 6 heteroatoms. The summed E-state index contributed by atoms with van der Waals surface area (Å²) in [6.45, 7) is 2.49. The van der Waals surface area contributed by atoms with Gasteiger partial charge in [0.1, 0.15) is 12.1 Å². The number of amides is 2. The average Bonchev–Trinajstić information content (AvgIpc) is 3.15. The number of hydrogen-bond donors (Lipinski definition) is 0. The van der Waals surface area contributed by atoms with Gasteiger partial charge < -0.3 is 9.80 Å². The molecule has 1 aliphatic rings. The average molecular weight is 326 g/mol. The van der Waals surface area contributed by atoms with Gasteiger partial charge in [-0.2, -0.15) is 5.10 Å². The number of nitrogens with zero attached hydrogens (tertiary/aromatic N) is 4. The number of aromatic nitrogens is 2. The molecule has 0 spiro atoms. The van der Waals surface area contributed by atoms with Crippen LogP contribution >= 0.6 is 0 Å². The SMILES string of the molecule is C[C@@H](C(=O)N(C)[C@@H]1CCCN(c2ccccc2)C1=O)n1cccn1. The van der Waals surface area contributed by atoms with Crippen LogP contribution in [-0.2, 0) is 9.59 Å². The Morgan fingerprint density at radius 3 is 2.71 bits per heavy atom. The molecule has 2 aromatic rings. The highest BCUT2D eigenvalue weighted by atomic mass is 16.2. The third kappa shape index (κ3) is 3.04. The number of benzene rings is 1. The zero-order valence-electron chi connectivity index (χ0n) is 14.0. The van der Waals surface area contributed by atoms with E-state index < -0.39 is 12.1 Å². The third-order valence-corrected chi connectivity index (χ3v) is 4.57. The molecule has 0 N–H and O–H groups in total. The fraction of sp³-hybridized carbons (Fsp3) is 0.389. The minimum atomic E-state index is -0.426. The van der Waals surface area contributed by atoms with Crippen LogP contribution in [-0.4, -0.2) is 46.1 Å². The molecule has 24 heavy (non-hydrogen) atoms. The van der Waals surface area contributed by atoms with Gasteiger partial charge in [-0.25, -0.2) is 0 Å². The topological polar surface area (TPSA) is 58.4 Å². The van der Waals surface area contributed by atoms with Crippen molar-refractivity contribution < 1.29 is 9.59 Å². The van der Waals surface area contributed by atoms with Crippen molar-refractivity contribution in [1.82, 2.24) is 14.7 Å². The lowest BCUT2D eigenvalue weighted by atomic mass is 10.0. The lowest BCUT2D eigenvalue weighted by molar-refractivity contribution is -0.141. The molecule has 1 aromatic carbocycles. The standard InChI is InChI=1S/C18H22N4O2/c1-14(22-13-7-11-19-22)17(23)20(2)16-10-6-12-21(18(16)24)15-8-4-3-5-9-15/h3-5,7-9,11,13-14,16H,6,10,12H2,1-2H3/t14-,16+/m0/s1. The molecule has 1 aromatic heterocycles. The second-order valence-electron chi connectivity index (χ2n) is 6.09. The zero-order valence-corrected chi connectivity index (χ0v) is 14.0. The predicted octanol–water partition coefficient (Wildman–Crippen LogP) is 2.10. The summed E-state index contributed by atoms with van der Waals surface area (Å²) in [7, 11) is 1.71. The van der Waals surface area contributed by atoms with Gasteiger partial charge in [0.2, 0.25) is 11.8 Å². The van der Waals surface area contributed by atoms with Gasteiger partial charge in [-0.3, -0.25) is 14.3 Å². The van der Waals surface area contributed by atoms with Gasteiger partial charge in [-0.05, 0) is 38.0 Å². The number of para-hydroxylation sites is 1. The first-order valence-electron chi connectivity index (χ1n) is 8.22. The van der Waals surface area contributed by atoms with Gasteiger partial charge in [0, 0.05) is 31.7 Å². The van der Waals surface area contributed by atoms with Crippen molar-refractivity contribution in [2.75, 3.05) is 18.5 Å². The van der Waals surface area contributed by atoms with E-state index in [-0.39, 0.29) is 11.8 Å². The number of piperidine rings is 1. The van der Waals surface area contributed by atoms with Crippen molar-refractivity contribution in [2.45, 2.75) is 31.8 Å².